The highest BCUT2D eigenvalue weighted by Gasteiger charge is 2.43. The van der Waals surface area contributed by atoms with Crippen LogP contribution in [-0.4, -0.2) is 50.8 Å². The van der Waals surface area contributed by atoms with Gasteiger partial charge in [-0.2, -0.15) is 13.2 Å². The van der Waals surface area contributed by atoms with Gasteiger partial charge in [0.15, 0.2) is 0 Å². The fourth-order valence-electron chi connectivity index (χ4n) is 5.32. The van der Waals surface area contributed by atoms with E-state index in [1.165, 1.54) is 6.07 Å². The molecule has 2 aromatic rings. The highest BCUT2D eigenvalue weighted by atomic mass is 19.4. The number of para-hydroxylation sites is 1. The molecule has 3 aliphatic rings. The van der Waals surface area contributed by atoms with Crippen molar-refractivity contribution in [1.29, 1.82) is 0 Å². The van der Waals surface area contributed by atoms with Gasteiger partial charge in [-0.05, 0) is 55.2 Å². The predicted octanol–water partition coefficient (Wildman–Crippen LogP) is 3.87. The summed E-state index contributed by atoms with van der Waals surface area (Å²) >= 11 is 0. The highest BCUT2D eigenvalue weighted by molar-refractivity contribution is 5.82. The molecule has 3 aliphatic heterocycles. The van der Waals surface area contributed by atoms with Gasteiger partial charge >= 0.3 is 6.18 Å². The number of hydrogen-bond donors (Lipinski definition) is 1. The maximum Gasteiger partial charge on any atom is 0.416 e. The number of rotatable bonds is 4. The van der Waals surface area contributed by atoms with E-state index < -0.39 is 17.7 Å². The molecule has 0 aromatic heterocycles. The quantitative estimate of drug-likeness (QED) is 0.754. The Morgan fingerprint density at radius 1 is 1.12 bits per heavy atom. The average Bonchev–Trinajstić information content (AvgIpc) is 3.35. The largest absolute Gasteiger partial charge is 0.416 e. The second-order valence-corrected chi connectivity index (χ2v) is 9.07. The van der Waals surface area contributed by atoms with E-state index in [1.807, 2.05) is 18.2 Å². The lowest BCUT2D eigenvalue weighted by atomic mass is 9.82. The van der Waals surface area contributed by atoms with Crippen LogP contribution in [0.5, 0.6) is 0 Å². The molecule has 1 N–H and O–H groups in total. The minimum Gasteiger partial charge on any atom is -0.376 e. The molecule has 0 bridgehead atoms. The van der Waals surface area contributed by atoms with Crippen LogP contribution < -0.4 is 15.1 Å². The number of halogens is 3. The molecule has 176 valence electrons. The van der Waals surface area contributed by atoms with E-state index in [1.54, 1.807) is 6.07 Å². The molecule has 2 saturated heterocycles. The fraction of sp³-hybridized carbons (Fsp3) is 0.480. The third kappa shape index (κ3) is 4.53. The monoisotopic (exact) mass is 459 g/mol. The van der Waals surface area contributed by atoms with Crippen LogP contribution in [0.2, 0.25) is 0 Å². The van der Waals surface area contributed by atoms with Crippen LogP contribution in [0.1, 0.15) is 24.0 Å². The third-order valence-corrected chi connectivity index (χ3v) is 7.03. The first-order chi connectivity index (χ1) is 15.9. The lowest BCUT2D eigenvalue weighted by Gasteiger charge is -2.49. The van der Waals surface area contributed by atoms with Crippen LogP contribution >= 0.6 is 0 Å². The maximum absolute atomic E-state index is 13.4. The Bertz CT molecular complexity index is 992. The number of piperazine rings is 1. The molecule has 3 atom stereocenters. The summed E-state index contributed by atoms with van der Waals surface area (Å²) in [6.45, 7) is 3.18. The molecule has 0 radical (unpaired) electrons. The first-order valence-corrected chi connectivity index (χ1v) is 11.6. The third-order valence-electron chi connectivity index (χ3n) is 7.03. The van der Waals surface area contributed by atoms with Gasteiger partial charge in [-0.1, -0.05) is 18.2 Å². The number of carbonyl (C=O) groups is 1. The summed E-state index contributed by atoms with van der Waals surface area (Å²) in [7, 11) is 0. The van der Waals surface area contributed by atoms with Gasteiger partial charge in [-0.25, -0.2) is 0 Å². The van der Waals surface area contributed by atoms with Crippen molar-refractivity contribution < 1.29 is 22.7 Å². The smallest absolute Gasteiger partial charge is 0.376 e. The first kappa shape index (κ1) is 22.1. The summed E-state index contributed by atoms with van der Waals surface area (Å²) in [5.41, 5.74) is 1.82. The molecule has 2 aromatic carbocycles. The number of fused-ring (bicyclic) bond motifs is 3. The molecule has 0 saturated carbocycles. The lowest BCUT2D eigenvalue weighted by molar-refractivity contribution is -0.137. The van der Waals surface area contributed by atoms with Gasteiger partial charge in [0.2, 0.25) is 5.91 Å². The van der Waals surface area contributed by atoms with Gasteiger partial charge in [0, 0.05) is 44.2 Å². The van der Waals surface area contributed by atoms with Gasteiger partial charge in [0.25, 0.3) is 0 Å². The van der Waals surface area contributed by atoms with Crippen LogP contribution in [0.15, 0.2) is 48.5 Å². The maximum atomic E-state index is 13.4. The van der Waals surface area contributed by atoms with Crippen LogP contribution in [0.3, 0.4) is 0 Å². The first-order valence-electron chi connectivity index (χ1n) is 11.6. The molecule has 1 amide bonds. The number of hydrogen-bond acceptors (Lipinski definition) is 4. The van der Waals surface area contributed by atoms with E-state index in [0.717, 1.165) is 36.8 Å². The molecule has 2 fully saturated rings. The number of nitrogens with one attached hydrogen (secondary N) is 1. The standard InChI is InChI=1S/C25H28F3N3O2/c26-25(27,28)18-8-9-22-17(13-18)14-21(24(32)29-15-20-7-4-12-33-20)23-16-30(10-11-31(22)23)19-5-2-1-3-6-19/h1-3,5-6,8-9,13,20-21,23H,4,7,10-12,14-16H2,(H,29,32)/t20-,21+,23+/m1/s1. The number of carbonyl (C=O) groups excluding carboxylic acids is 1. The summed E-state index contributed by atoms with van der Waals surface area (Å²) in [6.07, 6.45) is -2.19. The lowest BCUT2D eigenvalue weighted by Crippen LogP contribution is -2.61. The summed E-state index contributed by atoms with van der Waals surface area (Å²) < 4.78 is 45.7. The summed E-state index contributed by atoms with van der Waals surface area (Å²) in [4.78, 5) is 17.7. The Morgan fingerprint density at radius 3 is 2.67 bits per heavy atom. The summed E-state index contributed by atoms with van der Waals surface area (Å²) in [5, 5.41) is 3.03. The van der Waals surface area contributed by atoms with Gasteiger partial charge in [0.1, 0.15) is 0 Å². The number of amides is 1. The SMILES string of the molecule is O=C(NC[C@H]1CCCO1)[C@H]1Cc2cc(C(F)(F)F)ccc2N2CCN(c3ccccc3)C[C@@H]12. The zero-order valence-corrected chi connectivity index (χ0v) is 18.4. The molecular formula is C25H28F3N3O2. The van der Waals surface area contributed by atoms with Crippen LogP contribution in [0.25, 0.3) is 0 Å². The van der Waals surface area contributed by atoms with Crippen LogP contribution in [0, 0.1) is 5.92 Å². The topological polar surface area (TPSA) is 44.8 Å². The van der Waals surface area contributed by atoms with E-state index in [-0.39, 0.29) is 18.1 Å². The molecule has 0 aliphatic carbocycles. The van der Waals surface area contributed by atoms with Crippen molar-refractivity contribution >= 4 is 17.3 Å². The fourth-order valence-corrected chi connectivity index (χ4v) is 5.32. The molecule has 5 rings (SSSR count). The molecule has 3 heterocycles. The number of benzene rings is 2. The number of anilines is 2. The van der Waals surface area contributed by atoms with Gasteiger partial charge < -0.3 is 19.9 Å². The zero-order chi connectivity index (χ0) is 23.0. The molecule has 8 heteroatoms. The Balaban J connectivity index is 1.42. The Labute approximate surface area is 191 Å². The van der Waals surface area contributed by atoms with E-state index in [9.17, 15) is 18.0 Å². The summed E-state index contributed by atoms with van der Waals surface area (Å²) in [6, 6.07) is 13.9. The van der Waals surface area contributed by atoms with Gasteiger partial charge in [-0.3, -0.25) is 4.79 Å². The van der Waals surface area contributed by atoms with Crippen molar-refractivity contribution in [2.24, 2.45) is 5.92 Å². The minimum atomic E-state index is -4.41. The highest BCUT2D eigenvalue weighted by Crippen LogP contribution is 2.40. The molecular weight excluding hydrogens is 431 g/mol. The normalized spacial score (nSPS) is 24.9. The number of ether oxygens (including phenoxy) is 1. The molecule has 0 spiro atoms. The van der Waals surface area contributed by atoms with Gasteiger partial charge in [0.05, 0.1) is 23.6 Å². The van der Waals surface area contributed by atoms with Crippen molar-refractivity contribution in [3.8, 4) is 0 Å². The van der Waals surface area contributed by atoms with Crippen molar-refractivity contribution in [1.82, 2.24) is 5.32 Å². The van der Waals surface area contributed by atoms with Crippen molar-refractivity contribution in [3.05, 3.63) is 59.7 Å². The zero-order valence-electron chi connectivity index (χ0n) is 18.4. The van der Waals surface area contributed by atoms with Crippen molar-refractivity contribution in [3.63, 3.8) is 0 Å². The van der Waals surface area contributed by atoms with Gasteiger partial charge in [-0.15, -0.1) is 0 Å². The van der Waals surface area contributed by atoms with Crippen molar-refractivity contribution in [2.75, 3.05) is 42.6 Å². The average molecular weight is 460 g/mol. The molecule has 5 nitrogen and oxygen atoms in total. The molecule has 33 heavy (non-hydrogen) atoms. The Kier molecular flexibility index (Phi) is 5.95. The van der Waals surface area contributed by atoms with Crippen LogP contribution in [0.4, 0.5) is 24.5 Å². The molecule has 0 unspecified atom stereocenters. The van der Waals surface area contributed by atoms with E-state index in [4.69, 9.17) is 4.74 Å². The predicted molar refractivity (Wildman–Crippen MR) is 120 cm³/mol. The van der Waals surface area contributed by atoms with E-state index >= 15 is 0 Å². The second-order valence-electron chi connectivity index (χ2n) is 9.07. The van der Waals surface area contributed by atoms with Crippen LogP contribution in [-0.2, 0) is 22.1 Å². The minimum absolute atomic E-state index is 0.0185. The Hall–Kier alpha value is -2.74. The van der Waals surface area contributed by atoms with Crippen molar-refractivity contribution in [2.45, 2.75) is 37.6 Å². The number of nitrogens with zero attached hydrogens (tertiary/aromatic N) is 2. The van der Waals surface area contributed by atoms with E-state index in [0.29, 0.717) is 38.2 Å². The Morgan fingerprint density at radius 2 is 1.94 bits per heavy atom. The number of alkyl halides is 3. The van der Waals surface area contributed by atoms with E-state index in [2.05, 4.69) is 27.2 Å². The second kappa shape index (κ2) is 8.89. The summed E-state index contributed by atoms with van der Waals surface area (Å²) in [5.74, 6) is -0.549.